The van der Waals surface area contributed by atoms with E-state index in [2.05, 4.69) is 21.0 Å². The van der Waals surface area contributed by atoms with Crippen LogP contribution in [0.2, 0.25) is 0 Å². The average molecular weight is 276 g/mol. The third kappa shape index (κ3) is 3.21. The fraction of sp³-hybridized carbons (Fsp3) is 0. The van der Waals surface area contributed by atoms with E-state index in [1.165, 1.54) is 6.07 Å². The van der Waals surface area contributed by atoms with Gasteiger partial charge in [-0.2, -0.15) is 5.10 Å². The van der Waals surface area contributed by atoms with E-state index >= 15 is 0 Å². The minimum absolute atomic E-state index is 0.129. The Labute approximate surface area is 92.9 Å². The maximum absolute atomic E-state index is 13.0. The highest BCUT2D eigenvalue weighted by Crippen LogP contribution is 2.24. The number of hydrogen-bond donors (Lipinski definition) is 3. The molecule has 1 rings (SSSR count). The minimum atomic E-state index is -0.844. The highest BCUT2D eigenvalue weighted by atomic mass is 79.9. The predicted molar refractivity (Wildman–Crippen MR) is 56.1 cm³/mol. The Morgan fingerprint density at radius 1 is 1.67 bits per heavy atom. The number of nitrogens with two attached hydrogens (primary N) is 1. The van der Waals surface area contributed by atoms with Crippen LogP contribution in [-0.4, -0.2) is 17.4 Å². The molecular formula is C8H7BrFN3O2. The molecule has 5 nitrogen and oxygen atoms in total. The standard InChI is InChI=1S/C8H7BrFN3O2/c9-5-2-7(14)4(1-6(5)10)3-12-13-8(11)15/h1-3,14H,(H3,11,13,15). The van der Waals surface area contributed by atoms with Gasteiger partial charge < -0.3 is 10.8 Å². The second-order valence-corrected chi connectivity index (χ2v) is 3.41. The number of rotatable bonds is 2. The Morgan fingerprint density at radius 2 is 2.33 bits per heavy atom. The number of phenols is 1. The molecule has 7 heteroatoms. The van der Waals surface area contributed by atoms with Gasteiger partial charge in [0.2, 0.25) is 0 Å². The number of phenolic OH excluding ortho intramolecular Hbond substituents is 1. The van der Waals surface area contributed by atoms with Crippen LogP contribution < -0.4 is 11.2 Å². The van der Waals surface area contributed by atoms with Crippen molar-refractivity contribution in [3.63, 3.8) is 0 Å². The molecule has 2 amide bonds. The molecular weight excluding hydrogens is 269 g/mol. The number of carbonyl (C=O) groups is 1. The Morgan fingerprint density at radius 3 is 2.93 bits per heavy atom. The number of primary amides is 1. The van der Waals surface area contributed by atoms with E-state index in [4.69, 9.17) is 5.73 Å². The number of hydrazone groups is 1. The average Bonchev–Trinajstić information content (AvgIpc) is 2.13. The zero-order valence-corrected chi connectivity index (χ0v) is 8.95. The molecule has 1 aromatic rings. The van der Waals surface area contributed by atoms with E-state index in [0.29, 0.717) is 0 Å². The van der Waals surface area contributed by atoms with Gasteiger partial charge in [0.1, 0.15) is 11.6 Å². The molecule has 0 aromatic heterocycles. The Hall–Kier alpha value is -1.63. The summed E-state index contributed by atoms with van der Waals surface area (Å²) in [6.45, 7) is 0. The Balaban J connectivity index is 2.90. The van der Waals surface area contributed by atoms with E-state index in [-0.39, 0.29) is 15.8 Å². The number of urea groups is 1. The van der Waals surface area contributed by atoms with Crippen molar-refractivity contribution in [1.82, 2.24) is 5.43 Å². The summed E-state index contributed by atoms with van der Waals surface area (Å²) in [6.07, 6.45) is 1.08. The van der Waals surface area contributed by atoms with Crippen LogP contribution in [0.1, 0.15) is 5.56 Å². The van der Waals surface area contributed by atoms with E-state index in [1.807, 2.05) is 5.43 Å². The third-order valence-electron chi connectivity index (χ3n) is 1.45. The van der Waals surface area contributed by atoms with Gasteiger partial charge in [-0.1, -0.05) is 0 Å². The number of aromatic hydroxyl groups is 1. The van der Waals surface area contributed by atoms with Crippen molar-refractivity contribution in [3.05, 3.63) is 28.0 Å². The fourth-order valence-electron chi connectivity index (χ4n) is 0.821. The van der Waals surface area contributed by atoms with Gasteiger partial charge >= 0.3 is 6.03 Å². The molecule has 0 heterocycles. The van der Waals surface area contributed by atoms with Gasteiger partial charge in [-0.15, -0.1) is 0 Å². The first-order valence-corrected chi connectivity index (χ1v) is 4.56. The van der Waals surface area contributed by atoms with Crippen molar-refractivity contribution in [2.45, 2.75) is 0 Å². The van der Waals surface area contributed by atoms with Gasteiger partial charge in [-0.25, -0.2) is 14.6 Å². The quantitative estimate of drug-likeness (QED) is 0.561. The zero-order chi connectivity index (χ0) is 11.4. The number of halogens is 2. The van der Waals surface area contributed by atoms with E-state index in [1.54, 1.807) is 0 Å². The van der Waals surface area contributed by atoms with Gasteiger partial charge in [-0.05, 0) is 28.1 Å². The second-order valence-electron chi connectivity index (χ2n) is 2.56. The molecule has 0 saturated heterocycles. The molecule has 15 heavy (non-hydrogen) atoms. The first kappa shape index (κ1) is 11.4. The van der Waals surface area contributed by atoms with Crippen LogP contribution >= 0.6 is 15.9 Å². The van der Waals surface area contributed by atoms with Gasteiger partial charge in [0.25, 0.3) is 0 Å². The maximum Gasteiger partial charge on any atom is 0.332 e. The summed E-state index contributed by atoms with van der Waals surface area (Å²) in [6, 6.07) is 1.40. The Kier molecular flexibility index (Phi) is 3.62. The Bertz CT molecular complexity index is 423. The summed E-state index contributed by atoms with van der Waals surface area (Å²) in [5, 5.41) is 12.7. The lowest BCUT2D eigenvalue weighted by molar-refractivity contribution is 0.249. The lowest BCUT2D eigenvalue weighted by atomic mass is 10.2. The first-order valence-electron chi connectivity index (χ1n) is 3.77. The number of nitrogens with zero attached hydrogens (tertiary/aromatic N) is 1. The summed E-state index contributed by atoms with van der Waals surface area (Å²) in [5.74, 6) is -0.716. The summed E-state index contributed by atoms with van der Waals surface area (Å²) < 4.78 is 13.2. The van der Waals surface area contributed by atoms with Crippen molar-refractivity contribution in [1.29, 1.82) is 0 Å². The van der Waals surface area contributed by atoms with Gasteiger partial charge in [0.15, 0.2) is 0 Å². The molecule has 0 fully saturated rings. The molecule has 1 aromatic carbocycles. The van der Waals surface area contributed by atoms with Gasteiger partial charge in [-0.3, -0.25) is 0 Å². The lowest BCUT2D eigenvalue weighted by Crippen LogP contribution is -2.24. The summed E-state index contributed by atoms with van der Waals surface area (Å²) in [7, 11) is 0. The fourth-order valence-corrected chi connectivity index (χ4v) is 1.15. The van der Waals surface area contributed by atoms with Crippen LogP contribution in [0, 0.1) is 5.82 Å². The molecule has 0 bridgehead atoms. The smallest absolute Gasteiger partial charge is 0.332 e. The molecule has 0 atom stereocenters. The van der Waals surface area contributed by atoms with Crippen LogP contribution in [0.4, 0.5) is 9.18 Å². The molecule has 0 saturated carbocycles. The van der Waals surface area contributed by atoms with Crippen LogP contribution in [-0.2, 0) is 0 Å². The molecule has 0 unspecified atom stereocenters. The molecule has 0 aliphatic heterocycles. The SMILES string of the molecule is NC(=O)NN=Cc1cc(F)c(Br)cc1O. The summed E-state index contributed by atoms with van der Waals surface area (Å²) >= 11 is 2.90. The van der Waals surface area contributed by atoms with Crippen LogP contribution in [0.5, 0.6) is 5.75 Å². The molecule has 4 N–H and O–H groups in total. The van der Waals surface area contributed by atoms with Crippen molar-refractivity contribution in [3.8, 4) is 5.75 Å². The van der Waals surface area contributed by atoms with Gasteiger partial charge in [0.05, 0.1) is 10.7 Å². The molecule has 0 aliphatic carbocycles. The topological polar surface area (TPSA) is 87.7 Å². The summed E-state index contributed by atoms with van der Waals surface area (Å²) in [5.41, 5.74) is 6.79. The highest BCUT2D eigenvalue weighted by Gasteiger charge is 2.05. The van der Waals surface area contributed by atoms with Crippen molar-refractivity contribution < 1.29 is 14.3 Å². The van der Waals surface area contributed by atoms with Crippen molar-refractivity contribution >= 4 is 28.2 Å². The molecule has 0 aliphatic rings. The normalized spacial score (nSPS) is 10.5. The maximum atomic E-state index is 13.0. The number of benzene rings is 1. The largest absolute Gasteiger partial charge is 0.507 e. The minimum Gasteiger partial charge on any atom is -0.507 e. The van der Waals surface area contributed by atoms with E-state index < -0.39 is 11.8 Å². The second kappa shape index (κ2) is 4.74. The number of hydrogen-bond acceptors (Lipinski definition) is 3. The van der Waals surface area contributed by atoms with Gasteiger partial charge in [0, 0.05) is 5.56 Å². The number of nitrogens with one attached hydrogen (secondary N) is 1. The van der Waals surface area contributed by atoms with E-state index in [0.717, 1.165) is 12.3 Å². The third-order valence-corrected chi connectivity index (χ3v) is 2.06. The highest BCUT2D eigenvalue weighted by molar-refractivity contribution is 9.10. The van der Waals surface area contributed by atoms with Crippen LogP contribution in [0.15, 0.2) is 21.7 Å². The summed E-state index contributed by atoms with van der Waals surface area (Å²) in [4.78, 5) is 10.2. The predicted octanol–water partition coefficient (Wildman–Crippen LogP) is 1.30. The van der Waals surface area contributed by atoms with Crippen molar-refractivity contribution in [2.75, 3.05) is 0 Å². The first-order chi connectivity index (χ1) is 7.00. The lowest BCUT2D eigenvalue weighted by Gasteiger charge is -2.00. The molecule has 0 radical (unpaired) electrons. The number of amides is 2. The van der Waals surface area contributed by atoms with E-state index in [9.17, 15) is 14.3 Å². The zero-order valence-electron chi connectivity index (χ0n) is 7.37. The molecule has 0 spiro atoms. The van der Waals surface area contributed by atoms with Crippen LogP contribution in [0.3, 0.4) is 0 Å². The molecule has 80 valence electrons. The van der Waals surface area contributed by atoms with Crippen LogP contribution in [0.25, 0.3) is 0 Å². The monoisotopic (exact) mass is 275 g/mol. The number of carbonyl (C=O) groups excluding carboxylic acids is 1. The van der Waals surface area contributed by atoms with Crippen molar-refractivity contribution in [2.24, 2.45) is 10.8 Å².